The number of rotatable bonds is 4. The molecule has 2 amide bonds. The number of aromatic nitrogens is 2. The second kappa shape index (κ2) is 10.4. The number of fused-ring (bicyclic) bond motifs is 3. The van der Waals surface area contributed by atoms with E-state index in [1.807, 2.05) is 41.8 Å². The fourth-order valence-electron chi connectivity index (χ4n) is 4.81. The first-order chi connectivity index (χ1) is 17.5. The molecule has 1 N–H and O–H groups in total. The van der Waals surface area contributed by atoms with E-state index in [1.165, 1.54) is 6.08 Å². The molecule has 5 rings (SSSR count). The molecule has 0 unspecified atom stereocenters. The van der Waals surface area contributed by atoms with Crippen molar-refractivity contribution in [2.75, 3.05) is 44.8 Å². The summed E-state index contributed by atoms with van der Waals surface area (Å²) in [7, 11) is 0. The van der Waals surface area contributed by atoms with Gasteiger partial charge in [0.25, 0.3) is 5.91 Å². The van der Waals surface area contributed by atoms with Crippen LogP contribution in [0.25, 0.3) is 11.0 Å². The van der Waals surface area contributed by atoms with Crippen LogP contribution in [0, 0.1) is 6.92 Å². The zero-order chi connectivity index (χ0) is 25.1. The molecular formula is C27H30N4O5. The Morgan fingerprint density at radius 2 is 1.97 bits per heavy atom. The predicted molar refractivity (Wildman–Crippen MR) is 136 cm³/mol. The summed E-state index contributed by atoms with van der Waals surface area (Å²) in [6.45, 7) is 8.39. The highest BCUT2D eigenvalue weighted by atomic mass is 16.6. The molecule has 0 saturated carbocycles. The smallest absolute Gasteiger partial charge is 0.257 e. The number of aryl methyl sites for hydroxylation is 1. The number of anilines is 1. The molecule has 2 aliphatic heterocycles. The van der Waals surface area contributed by atoms with Crippen LogP contribution in [0.15, 0.2) is 49.1 Å². The summed E-state index contributed by atoms with van der Waals surface area (Å²) in [6, 6.07) is 11.0. The highest BCUT2D eigenvalue weighted by molar-refractivity contribution is 6.04. The van der Waals surface area contributed by atoms with E-state index < -0.39 is 0 Å². The number of likely N-dealkylation sites (tertiary alicyclic amines) is 1. The summed E-state index contributed by atoms with van der Waals surface area (Å²) in [4.78, 5) is 32.2. The average molecular weight is 491 g/mol. The maximum atomic E-state index is 13.2. The number of hydrogen-bond acceptors (Lipinski definition) is 6. The molecule has 188 valence electrons. The molecule has 1 saturated heterocycles. The highest BCUT2D eigenvalue weighted by Gasteiger charge is 2.30. The van der Waals surface area contributed by atoms with Crippen LogP contribution in [-0.4, -0.2) is 65.8 Å². The van der Waals surface area contributed by atoms with Gasteiger partial charge in [0, 0.05) is 18.7 Å². The van der Waals surface area contributed by atoms with Crippen molar-refractivity contribution in [2.45, 2.75) is 25.8 Å². The van der Waals surface area contributed by atoms with E-state index in [0.29, 0.717) is 68.0 Å². The standard InChI is InChI=1S/C27H30N4O5/c1-3-23(32)30-11-5-8-20(17-30)31-24-21(9-10-22-25(24)36-15-13-34-12-14-35-22)28-27(31)29-26(33)19-7-4-6-18(2)16-19/h3-4,6-7,9-10,16,20H,1,5,8,11-15,17H2,2H3,(H,28,29,33)/t20-/m1/s1. The number of carbonyl (C=O) groups is 2. The van der Waals surface area contributed by atoms with Crippen LogP contribution < -0.4 is 14.8 Å². The van der Waals surface area contributed by atoms with Gasteiger partial charge < -0.3 is 23.7 Å². The molecule has 0 radical (unpaired) electrons. The number of hydrogen-bond donors (Lipinski definition) is 1. The fraction of sp³-hybridized carbons (Fsp3) is 0.370. The summed E-state index contributed by atoms with van der Waals surface area (Å²) in [5, 5.41) is 3.01. The molecule has 9 nitrogen and oxygen atoms in total. The Balaban J connectivity index is 1.61. The topological polar surface area (TPSA) is 94.9 Å². The van der Waals surface area contributed by atoms with Gasteiger partial charge in [-0.15, -0.1) is 0 Å². The van der Waals surface area contributed by atoms with E-state index >= 15 is 0 Å². The number of imidazole rings is 1. The lowest BCUT2D eigenvalue weighted by molar-refractivity contribution is -0.127. The van der Waals surface area contributed by atoms with E-state index in [0.717, 1.165) is 23.9 Å². The van der Waals surface area contributed by atoms with Crippen LogP contribution in [0.4, 0.5) is 5.95 Å². The van der Waals surface area contributed by atoms with Gasteiger partial charge in [0.15, 0.2) is 11.5 Å². The number of carbonyl (C=O) groups excluding carboxylic acids is 2. The molecule has 2 aliphatic rings. The third kappa shape index (κ3) is 4.79. The van der Waals surface area contributed by atoms with Gasteiger partial charge in [-0.2, -0.15) is 0 Å². The zero-order valence-electron chi connectivity index (χ0n) is 20.4. The Morgan fingerprint density at radius 3 is 2.78 bits per heavy atom. The lowest BCUT2D eigenvalue weighted by Gasteiger charge is -2.34. The molecule has 0 aliphatic carbocycles. The summed E-state index contributed by atoms with van der Waals surface area (Å²) < 4.78 is 19.6. The molecule has 0 spiro atoms. The molecule has 1 atom stereocenters. The lowest BCUT2D eigenvalue weighted by atomic mass is 10.0. The number of ether oxygens (including phenoxy) is 3. The quantitative estimate of drug-likeness (QED) is 0.560. The first-order valence-electron chi connectivity index (χ1n) is 12.2. The Morgan fingerprint density at radius 1 is 1.14 bits per heavy atom. The summed E-state index contributed by atoms with van der Waals surface area (Å²) in [5.41, 5.74) is 2.94. The number of nitrogens with one attached hydrogen (secondary N) is 1. The van der Waals surface area contributed by atoms with Gasteiger partial charge in [-0.05, 0) is 50.1 Å². The van der Waals surface area contributed by atoms with Gasteiger partial charge in [-0.1, -0.05) is 24.3 Å². The van der Waals surface area contributed by atoms with Crippen LogP contribution in [0.2, 0.25) is 0 Å². The van der Waals surface area contributed by atoms with Crippen molar-refractivity contribution in [3.05, 3.63) is 60.2 Å². The van der Waals surface area contributed by atoms with Crippen molar-refractivity contribution in [1.82, 2.24) is 14.5 Å². The van der Waals surface area contributed by atoms with Gasteiger partial charge in [0.1, 0.15) is 18.7 Å². The Bertz CT molecular complexity index is 1300. The minimum Gasteiger partial charge on any atom is -0.487 e. The third-order valence-corrected chi connectivity index (χ3v) is 6.48. The second-order valence-corrected chi connectivity index (χ2v) is 8.98. The van der Waals surface area contributed by atoms with Gasteiger partial charge in [0.2, 0.25) is 11.9 Å². The Hall–Kier alpha value is -3.85. The zero-order valence-corrected chi connectivity index (χ0v) is 20.4. The maximum Gasteiger partial charge on any atom is 0.257 e. The van der Waals surface area contributed by atoms with Crippen molar-refractivity contribution in [1.29, 1.82) is 0 Å². The molecule has 1 aromatic heterocycles. The van der Waals surface area contributed by atoms with E-state index in [-0.39, 0.29) is 17.9 Å². The van der Waals surface area contributed by atoms with Crippen LogP contribution in [-0.2, 0) is 9.53 Å². The normalized spacial score (nSPS) is 18.1. The van der Waals surface area contributed by atoms with Crippen LogP contribution >= 0.6 is 0 Å². The van der Waals surface area contributed by atoms with Crippen molar-refractivity contribution in [2.24, 2.45) is 0 Å². The molecule has 9 heteroatoms. The minimum atomic E-state index is -0.254. The summed E-state index contributed by atoms with van der Waals surface area (Å²) in [5.74, 6) is 1.20. The summed E-state index contributed by atoms with van der Waals surface area (Å²) >= 11 is 0. The summed E-state index contributed by atoms with van der Waals surface area (Å²) in [6.07, 6.45) is 2.97. The van der Waals surface area contributed by atoms with Crippen LogP contribution in [0.3, 0.4) is 0 Å². The Labute approximate surface area is 209 Å². The van der Waals surface area contributed by atoms with Crippen LogP contribution in [0.5, 0.6) is 11.5 Å². The van der Waals surface area contributed by atoms with Crippen molar-refractivity contribution in [3.63, 3.8) is 0 Å². The van der Waals surface area contributed by atoms with E-state index in [2.05, 4.69) is 11.9 Å². The average Bonchev–Trinajstić information content (AvgIpc) is 3.30. The molecule has 3 heterocycles. The van der Waals surface area contributed by atoms with E-state index in [9.17, 15) is 9.59 Å². The molecular weight excluding hydrogens is 460 g/mol. The van der Waals surface area contributed by atoms with Crippen molar-refractivity contribution >= 4 is 28.8 Å². The van der Waals surface area contributed by atoms with E-state index in [1.54, 1.807) is 11.0 Å². The number of benzene rings is 2. The molecule has 3 aromatic rings. The SMILES string of the molecule is C=CC(=O)N1CCC[C@@H](n2c(NC(=O)c3cccc(C)c3)nc3ccc4c(c32)OCCOCCO4)C1. The van der Waals surface area contributed by atoms with Gasteiger partial charge in [-0.25, -0.2) is 4.98 Å². The molecule has 0 bridgehead atoms. The Kier molecular flexibility index (Phi) is 6.90. The van der Waals surface area contributed by atoms with Crippen LogP contribution in [0.1, 0.15) is 34.8 Å². The number of amides is 2. The van der Waals surface area contributed by atoms with Gasteiger partial charge in [0.05, 0.1) is 24.8 Å². The molecule has 2 aromatic carbocycles. The van der Waals surface area contributed by atoms with E-state index in [4.69, 9.17) is 19.2 Å². The number of piperidine rings is 1. The second-order valence-electron chi connectivity index (χ2n) is 8.98. The largest absolute Gasteiger partial charge is 0.487 e. The fourth-order valence-corrected chi connectivity index (χ4v) is 4.81. The first-order valence-corrected chi connectivity index (χ1v) is 12.2. The molecule has 1 fully saturated rings. The van der Waals surface area contributed by atoms with Crippen molar-refractivity contribution < 1.29 is 23.8 Å². The monoisotopic (exact) mass is 490 g/mol. The lowest BCUT2D eigenvalue weighted by Crippen LogP contribution is -2.40. The minimum absolute atomic E-state index is 0.113. The predicted octanol–water partition coefficient (Wildman–Crippen LogP) is 3.73. The van der Waals surface area contributed by atoms with Gasteiger partial charge in [-0.3, -0.25) is 14.9 Å². The molecule has 36 heavy (non-hydrogen) atoms. The maximum absolute atomic E-state index is 13.2. The first kappa shape index (κ1) is 23.9. The van der Waals surface area contributed by atoms with Gasteiger partial charge >= 0.3 is 0 Å². The third-order valence-electron chi connectivity index (χ3n) is 6.48. The van der Waals surface area contributed by atoms with Crippen molar-refractivity contribution in [3.8, 4) is 11.5 Å². The number of nitrogens with zero attached hydrogens (tertiary/aromatic N) is 3. The highest BCUT2D eigenvalue weighted by Crippen LogP contribution is 2.41.